The highest BCUT2D eigenvalue weighted by Crippen LogP contribution is 2.18. The number of benzene rings is 2. The zero-order valence-electron chi connectivity index (χ0n) is 15.1. The maximum Gasteiger partial charge on any atom is 0.341 e. The first-order chi connectivity index (χ1) is 12.7. The molecule has 2 aromatic rings. The van der Waals surface area contributed by atoms with Gasteiger partial charge in [-0.25, -0.2) is 8.42 Å². The summed E-state index contributed by atoms with van der Waals surface area (Å²) in [7, 11) is -0.822. The predicted molar refractivity (Wildman–Crippen MR) is 99.6 cm³/mol. The van der Waals surface area contributed by atoms with Crippen molar-refractivity contribution < 1.29 is 22.0 Å². The first-order valence-corrected chi connectivity index (χ1v) is 9.87. The van der Waals surface area contributed by atoms with Crippen molar-refractivity contribution in [2.45, 2.75) is 23.1 Å². The van der Waals surface area contributed by atoms with Crippen molar-refractivity contribution in [1.29, 1.82) is 0 Å². The Kier molecular flexibility index (Phi) is 7.04. The molecule has 0 saturated heterocycles. The van der Waals surface area contributed by atoms with Crippen molar-refractivity contribution in [2.24, 2.45) is 0 Å². The average molecular weight is 396 g/mol. The molecule has 1 N–H and O–H groups in total. The van der Waals surface area contributed by atoms with Gasteiger partial charge in [0.15, 0.2) is 0 Å². The van der Waals surface area contributed by atoms with E-state index in [1.54, 1.807) is 0 Å². The Labute approximate surface area is 157 Å². The summed E-state index contributed by atoms with van der Waals surface area (Å²) < 4.78 is 47.9. The molecule has 0 aromatic heterocycles. The number of alkyl halides is 2. The number of carbonyl (C=O) groups is 1. The van der Waals surface area contributed by atoms with Gasteiger partial charge in [-0.3, -0.25) is 4.79 Å². The monoisotopic (exact) mass is 396 g/mol. The molecule has 0 heterocycles. The van der Waals surface area contributed by atoms with Crippen LogP contribution in [0.2, 0.25) is 0 Å². The highest BCUT2D eigenvalue weighted by atomic mass is 32.2. The van der Waals surface area contributed by atoms with Gasteiger partial charge in [-0.1, -0.05) is 30.3 Å². The molecule has 0 unspecified atom stereocenters. The van der Waals surface area contributed by atoms with Gasteiger partial charge < -0.3 is 10.2 Å². The minimum atomic E-state index is -4.66. The number of rotatable bonds is 8. The number of hydrogen-bond acceptors (Lipinski definition) is 4. The van der Waals surface area contributed by atoms with Crippen LogP contribution in [0.25, 0.3) is 0 Å². The number of amides is 1. The number of hydrogen-bond donors (Lipinski definition) is 1. The highest BCUT2D eigenvalue weighted by molar-refractivity contribution is 7.91. The van der Waals surface area contributed by atoms with Crippen LogP contribution in [0.1, 0.15) is 15.9 Å². The predicted octanol–water partition coefficient (Wildman–Crippen LogP) is 2.59. The molecule has 2 aromatic carbocycles. The third-order valence-corrected chi connectivity index (χ3v) is 5.62. The van der Waals surface area contributed by atoms with Crippen LogP contribution in [-0.2, 0) is 16.3 Å². The number of likely N-dealkylation sites (N-methyl/N-ethyl adjacent to an activating group) is 1. The van der Waals surface area contributed by atoms with Gasteiger partial charge in [0.1, 0.15) is 0 Å². The summed E-state index contributed by atoms with van der Waals surface area (Å²) in [5, 5.41) is 2.80. The summed E-state index contributed by atoms with van der Waals surface area (Å²) in [4.78, 5) is 13.8. The van der Waals surface area contributed by atoms with Crippen LogP contribution in [0.3, 0.4) is 0 Å². The smallest absolute Gasteiger partial charge is 0.341 e. The fourth-order valence-electron chi connectivity index (χ4n) is 2.53. The van der Waals surface area contributed by atoms with Crippen molar-refractivity contribution in [2.75, 3.05) is 20.6 Å². The van der Waals surface area contributed by atoms with Crippen molar-refractivity contribution in [3.05, 3.63) is 65.7 Å². The third kappa shape index (κ3) is 5.58. The van der Waals surface area contributed by atoms with E-state index in [9.17, 15) is 22.0 Å². The Balaban J connectivity index is 2.01. The van der Waals surface area contributed by atoms with Crippen molar-refractivity contribution in [3.63, 3.8) is 0 Å². The lowest BCUT2D eigenvalue weighted by Crippen LogP contribution is -2.41. The maximum atomic E-state index is 12.5. The van der Waals surface area contributed by atoms with Crippen molar-refractivity contribution in [1.82, 2.24) is 10.2 Å². The zero-order chi connectivity index (χ0) is 20.0. The quantitative estimate of drug-likeness (QED) is 0.745. The van der Waals surface area contributed by atoms with E-state index in [1.807, 2.05) is 49.3 Å². The normalized spacial score (nSPS) is 13.0. The molecular formula is C19H22F2N2O3S. The van der Waals surface area contributed by atoms with E-state index in [2.05, 4.69) is 5.32 Å². The summed E-state index contributed by atoms with van der Waals surface area (Å²) in [6.45, 7) is 0.387. The molecule has 1 amide bonds. The van der Waals surface area contributed by atoms with Crippen molar-refractivity contribution in [3.8, 4) is 0 Å². The summed E-state index contributed by atoms with van der Waals surface area (Å²) in [5.41, 5.74) is 1.35. The molecular weight excluding hydrogens is 374 g/mol. The van der Waals surface area contributed by atoms with E-state index in [1.165, 1.54) is 12.1 Å². The van der Waals surface area contributed by atoms with E-state index in [-0.39, 0.29) is 11.6 Å². The molecule has 0 fully saturated rings. The maximum absolute atomic E-state index is 12.5. The molecule has 27 heavy (non-hydrogen) atoms. The average Bonchev–Trinajstić information content (AvgIpc) is 2.65. The molecule has 2 rings (SSSR count). The number of halogens is 2. The first-order valence-electron chi connectivity index (χ1n) is 8.32. The second kappa shape index (κ2) is 9.05. The van der Waals surface area contributed by atoms with Crippen LogP contribution in [0, 0.1) is 0 Å². The van der Waals surface area contributed by atoms with E-state index in [4.69, 9.17) is 0 Å². The summed E-state index contributed by atoms with van der Waals surface area (Å²) in [6, 6.07) is 14.4. The molecule has 0 radical (unpaired) electrons. The second-order valence-electron chi connectivity index (χ2n) is 6.35. The SMILES string of the molecule is CN(C)[C@@H](CNC(=O)c1ccc(S(=O)(=O)C(F)F)cc1)Cc1ccccc1. The molecule has 8 heteroatoms. The standard InChI is InChI=1S/C19H22F2N2O3S/c1-23(2)16(12-14-6-4-3-5-7-14)13-22-18(24)15-8-10-17(11-9-15)27(25,26)19(20)21/h3-11,16,19H,12-13H2,1-2H3,(H,22,24)/t16-/m1/s1. The Morgan fingerprint density at radius 3 is 2.15 bits per heavy atom. The van der Waals surface area contributed by atoms with Gasteiger partial charge in [0.2, 0.25) is 9.84 Å². The molecule has 0 bridgehead atoms. The first kappa shape index (κ1) is 21.0. The molecule has 5 nitrogen and oxygen atoms in total. The number of nitrogens with one attached hydrogen (secondary N) is 1. The van der Waals surface area contributed by atoms with Gasteiger partial charge in [0.05, 0.1) is 4.90 Å². The Morgan fingerprint density at radius 1 is 1.04 bits per heavy atom. The molecule has 146 valence electrons. The Bertz CT molecular complexity index is 854. The van der Waals surface area contributed by atoms with Gasteiger partial charge in [0.25, 0.3) is 5.91 Å². The van der Waals surface area contributed by atoms with Gasteiger partial charge in [0, 0.05) is 18.2 Å². The molecule has 0 aliphatic rings. The van der Waals surface area contributed by atoms with Gasteiger partial charge in [-0.15, -0.1) is 0 Å². The van der Waals surface area contributed by atoms with E-state index in [0.29, 0.717) is 6.54 Å². The van der Waals surface area contributed by atoms with Crippen LogP contribution in [0.4, 0.5) is 8.78 Å². The van der Waals surface area contributed by atoms with Gasteiger partial charge >= 0.3 is 5.76 Å². The van der Waals surface area contributed by atoms with E-state index < -0.39 is 26.4 Å². The van der Waals surface area contributed by atoms with E-state index in [0.717, 1.165) is 24.1 Å². The van der Waals surface area contributed by atoms with Crippen LogP contribution in [-0.4, -0.2) is 51.7 Å². The van der Waals surface area contributed by atoms with Crippen molar-refractivity contribution >= 4 is 15.7 Å². The van der Waals surface area contributed by atoms with Crippen LogP contribution < -0.4 is 5.32 Å². The lowest BCUT2D eigenvalue weighted by atomic mass is 10.1. The highest BCUT2D eigenvalue weighted by Gasteiger charge is 2.26. The van der Waals surface area contributed by atoms with Crippen LogP contribution >= 0.6 is 0 Å². The molecule has 1 atom stereocenters. The largest absolute Gasteiger partial charge is 0.350 e. The minimum absolute atomic E-state index is 0.0647. The summed E-state index contributed by atoms with van der Waals surface area (Å²) in [6.07, 6.45) is 0.750. The Morgan fingerprint density at radius 2 is 1.63 bits per heavy atom. The summed E-state index contributed by atoms with van der Waals surface area (Å²) >= 11 is 0. The Hall–Kier alpha value is -2.32. The fourth-order valence-corrected chi connectivity index (χ4v) is 3.26. The molecule has 0 aliphatic carbocycles. The lowest BCUT2D eigenvalue weighted by Gasteiger charge is -2.24. The molecule has 0 aliphatic heterocycles. The number of nitrogens with zero attached hydrogens (tertiary/aromatic N) is 1. The second-order valence-corrected chi connectivity index (χ2v) is 8.26. The van der Waals surface area contributed by atoms with Crippen LogP contribution in [0.5, 0.6) is 0 Å². The fraction of sp³-hybridized carbons (Fsp3) is 0.316. The third-order valence-electron chi connectivity index (χ3n) is 4.22. The topological polar surface area (TPSA) is 66.5 Å². The summed E-state index contributed by atoms with van der Waals surface area (Å²) in [5.74, 6) is -3.88. The molecule has 0 saturated carbocycles. The lowest BCUT2D eigenvalue weighted by molar-refractivity contribution is 0.0941. The minimum Gasteiger partial charge on any atom is -0.350 e. The number of sulfone groups is 1. The van der Waals surface area contributed by atoms with E-state index >= 15 is 0 Å². The molecule has 0 spiro atoms. The zero-order valence-corrected chi connectivity index (χ0v) is 15.9. The van der Waals surface area contributed by atoms with Gasteiger partial charge in [-0.05, 0) is 50.3 Å². The van der Waals surface area contributed by atoms with Crippen LogP contribution in [0.15, 0.2) is 59.5 Å². The van der Waals surface area contributed by atoms with Gasteiger partial charge in [-0.2, -0.15) is 8.78 Å². The number of carbonyl (C=O) groups excluding carboxylic acids is 1.